The number of hydrogen-bond acceptors (Lipinski definition) is 6. The average Bonchev–Trinajstić information content (AvgIpc) is 3.67. The molecular weight excluding hydrogens is 447 g/mol. The van der Waals surface area contributed by atoms with Gasteiger partial charge in [0.05, 0.1) is 32.5 Å². The van der Waals surface area contributed by atoms with Gasteiger partial charge in [0.15, 0.2) is 5.15 Å². The summed E-state index contributed by atoms with van der Waals surface area (Å²) in [6.45, 7) is 0.141. The second-order valence-corrected chi connectivity index (χ2v) is 8.29. The molecule has 1 unspecified atom stereocenters. The maximum Gasteiger partial charge on any atom is 0.306 e. The Morgan fingerprint density at radius 1 is 1.18 bits per heavy atom. The SMILES string of the molecule is COC(=O)CC(c1cccc(OCc2cnc(-c3cc(OC)ccc3F)c(Cl)n2)c1)C1CC1. The molecule has 0 saturated heterocycles. The molecule has 0 radical (unpaired) electrons. The van der Waals surface area contributed by atoms with Gasteiger partial charge in [0.25, 0.3) is 0 Å². The topological polar surface area (TPSA) is 70.5 Å². The quantitative estimate of drug-likeness (QED) is 0.380. The normalized spacial score (nSPS) is 13.9. The standard InChI is InChI=1S/C25H24ClFN2O4/c1-31-18-8-9-22(27)21(11-18)24-25(26)29-17(13-28-24)14-33-19-5-3-4-16(10-19)20(15-6-7-15)12-23(30)32-2/h3-5,8-11,13,15,20H,6-7,12,14H2,1-2H3. The largest absolute Gasteiger partial charge is 0.497 e. The van der Waals surface area contributed by atoms with E-state index in [0.29, 0.717) is 29.5 Å². The number of carbonyl (C=O) groups excluding carboxylic acids is 1. The number of rotatable bonds is 9. The van der Waals surface area contributed by atoms with Crippen molar-refractivity contribution in [1.82, 2.24) is 9.97 Å². The summed E-state index contributed by atoms with van der Waals surface area (Å²) < 4.78 is 30.2. The van der Waals surface area contributed by atoms with E-state index in [4.69, 9.17) is 25.8 Å². The monoisotopic (exact) mass is 470 g/mol. The Morgan fingerprint density at radius 3 is 2.70 bits per heavy atom. The van der Waals surface area contributed by atoms with Gasteiger partial charge in [-0.15, -0.1) is 0 Å². The van der Waals surface area contributed by atoms with Crippen molar-refractivity contribution in [3.05, 3.63) is 70.9 Å². The highest BCUT2D eigenvalue weighted by atomic mass is 35.5. The minimum atomic E-state index is -0.468. The molecule has 1 aliphatic rings. The Kier molecular flexibility index (Phi) is 7.08. The molecule has 8 heteroatoms. The molecule has 0 bridgehead atoms. The Bertz CT molecular complexity index is 1150. The molecule has 0 spiro atoms. The molecule has 1 saturated carbocycles. The highest BCUT2D eigenvalue weighted by molar-refractivity contribution is 6.31. The number of benzene rings is 2. The van der Waals surface area contributed by atoms with Crippen LogP contribution in [-0.2, 0) is 16.1 Å². The number of hydrogen-bond donors (Lipinski definition) is 0. The van der Waals surface area contributed by atoms with E-state index >= 15 is 0 Å². The summed E-state index contributed by atoms with van der Waals surface area (Å²) in [5.41, 5.74) is 2.00. The zero-order valence-corrected chi connectivity index (χ0v) is 19.1. The summed E-state index contributed by atoms with van der Waals surface area (Å²) in [6.07, 6.45) is 4.09. The zero-order chi connectivity index (χ0) is 23.4. The van der Waals surface area contributed by atoms with Gasteiger partial charge in [0.1, 0.15) is 29.6 Å². The molecule has 0 N–H and O–H groups in total. The lowest BCUT2D eigenvalue weighted by Gasteiger charge is -2.16. The Hall–Kier alpha value is -3.19. The van der Waals surface area contributed by atoms with Crippen LogP contribution in [0.1, 0.15) is 36.4 Å². The molecule has 2 aromatic carbocycles. The Morgan fingerprint density at radius 2 is 2.00 bits per heavy atom. The number of methoxy groups -OCH3 is 2. The van der Waals surface area contributed by atoms with E-state index in [-0.39, 0.29) is 34.9 Å². The summed E-state index contributed by atoms with van der Waals surface area (Å²) in [4.78, 5) is 20.4. The van der Waals surface area contributed by atoms with Crippen molar-refractivity contribution in [2.45, 2.75) is 31.8 Å². The van der Waals surface area contributed by atoms with E-state index in [9.17, 15) is 9.18 Å². The van der Waals surface area contributed by atoms with E-state index in [2.05, 4.69) is 9.97 Å². The van der Waals surface area contributed by atoms with Crippen molar-refractivity contribution in [1.29, 1.82) is 0 Å². The van der Waals surface area contributed by atoms with Crippen LogP contribution in [0.2, 0.25) is 5.15 Å². The molecule has 0 amide bonds. The van der Waals surface area contributed by atoms with Crippen LogP contribution in [0.4, 0.5) is 4.39 Å². The minimum absolute atomic E-state index is 0.0730. The third-order valence-electron chi connectivity index (χ3n) is 5.69. The fourth-order valence-electron chi connectivity index (χ4n) is 3.77. The van der Waals surface area contributed by atoms with Crippen molar-refractivity contribution >= 4 is 17.6 Å². The summed E-state index contributed by atoms with van der Waals surface area (Å²) in [7, 11) is 2.91. The Balaban J connectivity index is 1.47. The molecule has 1 aliphatic carbocycles. The van der Waals surface area contributed by atoms with E-state index in [1.54, 1.807) is 0 Å². The maximum absolute atomic E-state index is 14.3. The molecular formula is C25H24ClFN2O4. The number of ether oxygens (including phenoxy) is 3. The van der Waals surface area contributed by atoms with Gasteiger partial charge in [0.2, 0.25) is 0 Å². The lowest BCUT2D eigenvalue weighted by molar-refractivity contribution is -0.141. The number of carbonyl (C=O) groups is 1. The van der Waals surface area contributed by atoms with Crippen LogP contribution in [0, 0.1) is 11.7 Å². The van der Waals surface area contributed by atoms with Gasteiger partial charge in [-0.1, -0.05) is 23.7 Å². The molecule has 1 fully saturated rings. The summed E-state index contributed by atoms with van der Waals surface area (Å²) in [6, 6.07) is 12.1. The van der Waals surface area contributed by atoms with Crippen molar-refractivity contribution in [2.75, 3.05) is 14.2 Å². The van der Waals surface area contributed by atoms with Crippen LogP contribution in [-0.4, -0.2) is 30.2 Å². The molecule has 6 nitrogen and oxygen atoms in total. The number of nitrogens with zero attached hydrogens (tertiary/aromatic N) is 2. The third kappa shape index (κ3) is 5.60. The highest BCUT2D eigenvalue weighted by Crippen LogP contribution is 2.45. The van der Waals surface area contributed by atoms with Crippen molar-refractivity contribution in [3.63, 3.8) is 0 Å². The van der Waals surface area contributed by atoms with Gasteiger partial charge in [-0.05, 0) is 60.6 Å². The van der Waals surface area contributed by atoms with Crippen molar-refractivity contribution < 1.29 is 23.4 Å². The van der Waals surface area contributed by atoms with E-state index in [1.807, 2.05) is 24.3 Å². The fraction of sp³-hybridized carbons (Fsp3) is 0.320. The first-order valence-electron chi connectivity index (χ1n) is 10.6. The first-order valence-corrected chi connectivity index (χ1v) is 11.0. The average molecular weight is 471 g/mol. The molecule has 3 aromatic rings. The molecule has 1 aromatic heterocycles. The molecule has 1 atom stereocenters. The van der Waals surface area contributed by atoms with Crippen LogP contribution in [0.15, 0.2) is 48.7 Å². The fourth-order valence-corrected chi connectivity index (χ4v) is 4.03. The third-order valence-corrected chi connectivity index (χ3v) is 5.95. The number of halogens is 2. The zero-order valence-electron chi connectivity index (χ0n) is 18.4. The lowest BCUT2D eigenvalue weighted by atomic mass is 9.91. The first-order chi connectivity index (χ1) is 16.0. The van der Waals surface area contributed by atoms with Crippen LogP contribution >= 0.6 is 11.6 Å². The van der Waals surface area contributed by atoms with Gasteiger partial charge < -0.3 is 14.2 Å². The minimum Gasteiger partial charge on any atom is -0.497 e. The maximum atomic E-state index is 14.3. The Labute approximate surface area is 196 Å². The van der Waals surface area contributed by atoms with Gasteiger partial charge in [-0.3, -0.25) is 9.78 Å². The predicted molar refractivity (Wildman–Crippen MR) is 122 cm³/mol. The van der Waals surface area contributed by atoms with Crippen LogP contribution < -0.4 is 9.47 Å². The molecule has 4 rings (SSSR count). The predicted octanol–water partition coefficient (Wildman–Crippen LogP) is 5.58. The molecule has 33 heavy (non-hydrogen) atoms. The molecule has 172 valence electrons. The second kappa shape index (κ2) is 10.2. The lowest BCUT2D eigenvalue weighted by Crippen LogP contribution is -2.10. The second-order valence-electron chi connectivity index (χ2n) is 7.93. The highest BCUT2D eigenvalue weighted by Gasteiger charge is 2.34. The smallest absolute Gasteiger partial charge is 0.306 e. The summed E-state index contributed by atoms with van der Waals surface area (Å²) in [5, 5.41) is 0.0730. The van der Waals surface area contributed by atoms with Crippen LogP contribution in [0.3, 0.4) is 0 Å². The van der Waals surface area contributed by atoms with Crippen LogP contribution in [0.25, 0.3) is 11.3 Å². The molecule has 1 heterocycles. The summed E-state index contributed by atoms with van der Waals surface area (Å²) in [5.74, 6) is 1.08. The van der Waals surface area contributed by atoms with Crippen molar-refractivity contribution in [2.24, 2.45) is 5.92 Å². The van der Waals surface area contributed by atoms with Gasteiger partial charge >= 0.3 is 5.97 Å². The summed E-state index contributed by atoms with van der Waals surface area (Å²) >= 11 is 6.30. The van der Waals surface area contributed by atoms with Gasteiger partial charge in [-0.25, -0.2) is 9.37 Å². The number of esters is 1. The van der Waals surface area contributed by atoms with Crippen molar-refractivity contribution in [3.8, 4) is 22.8 Å². The van der Waals surface area contributed by atoms with E-state index in [1.165, 1.54) is 38.6 Å². The van der Waals surface area contributed by atoms with Gasteiger partial charge in [0, 0.05) is 5.56 Å². The van der Waals surface area contributed by atoms with E-state index < -0.39 is 5.82 Å². The first kappa shape index (κ1) is 23.0. The van der Waals surface area contributed by atoms with Gasteiger partial charge in [-0.2, -0.15) is 0 Å². The van der Waals surface area contributed by atoms with Crippen LogP contribution in [0.5, 0.6) is 11.5 Å². The van der Waals surface area contributed by atoms with E-state index in [0.717, 1.165) is 18.4 Å². The number of aromatic nitrogens is 2. The molecule has 0 aliphatic heterocycles.